The fourth-order valence-corrected chi connectivity index (χ4v) is 2.19. The first-order chi connectivity index (χ1) is 9.33. The molecule has 3 heteroatoms. The van der Waals surface area contributed by atoms with E-state index in [0.29, 0.717) is 5.69 Å². The minimum absolute atomic E-state index is 0.700. The van der Waals surface area contributed by atoms with E-state index in [2.05, 4.69) is 11.9 Å². The van der Waals surface area contributed by atoms with Crippen molar-refractivity contribution in [3.05, 3.63) is 30.5 Å². The summed E-state index contributed by atoms with van der Waals surface area (Å²) in [7, 11) is 0. The number of para-hydroxylation sites is 1. The SMILES string of the molecule is CCCCCCCOc1ccnc2c(N)cccc12. The molecule has 2 rings (SSSR count). The number of nitrogens with zero attached hydrogens (tertiary/aromatic N) is 1. The second kappa shape index (κ2) is 6.98. The first-order valence-electron chi connectivity index (χ1n) is 7.09. The molecule has 0 spiro atoms. The fourth-order valence-electron chi connectivity index (χ4n) is 2.19. The van der Waals surface area contributed by atoms with Crippen LogP contribution < -0.4 is 10.5 Å². The summed E-state index contributed by atoms with van der Waals surface area (Å²) in [5.74, 6) is 0.882. The quantitative estimate of drug-likeness (QED) is 0.599. The first-order valence-corrected chi connectivity index (χ1v) is 7.09. The van der Waals surface area contributed by atoms with E-state index in [1.54, 1.807) is 6.20 Å². The molecule has 0 atom stereocenters. The number of nitrogen functional groups attached to an aromatic ring is 1. The molecule has 0 aliphatic carbocycles. The van der Waals surface area contributed by atoms with Gasteiger partial charge in [-0.15, -0.1) is 0 Å². The van der Waals surface area contributed by atoms with Gasteiger partial charge >= 0.3 is 0 Å². The summed E-state index contributed by atoms with van der Waals surface area (Å²) in [4.78, 5) is 4.31. The van der Waals surface area contributed by atoms with Gasteiger partial charge in [0, 0.05) is 11.6 Å². The summed E-state index contributed by atoms with van der Waals surface area (Å²) in [5, 5.41) is 0.996. The molecule has 0 aliphatic rings. The number of aromatic nitrogens is 1. The molecule has 0 radical (unpaired) electrons. The minimum atomic E-state index is 0.700. The number of benzene rings is 1. The van der Waals surface area contributed by atoms with Gasteiger partial charge in [0.15, 0.2) is 0 Å². The zero-order valence-electron chi connectivity index (χ0n) is 11.6. The van der Waals surface area contributed by atoms with Gasteiger partial charge in [-0.3, -0.25) is 4.98 Å². The second-order valence-electron chi connectivity index (χ2n) is 4.82. The summed E-state index contributed by atoms with van der Waals surface area (Å²) in [6.45, 7) is 2.99. The van der Waals surface area contributed by atoms with Crippen LogP contribution in [0, 0.1) is 0 Å². The van der Waals surface area contributed by atoms with Crippen molar-refractivity contribution in [3.63, 3.8) is 0 Å². The van der Waals surface area contributed by atoms with E-state index in [0.717, 1.165) is 29.7 Å². The molecule has 102 valence electrons. The van der Waals surface area contributed by atoms with Crippen molar-refractivity contribution < 1.29 is 4.74 Å². The smallest absolute Gasteiger partial charge is 0.130 e. The summed E-state index contributed by atoms with van der Waals surface area (Å²) in [5.41, 5.74) is 7.44. The van der Waals surface area contributed by atoms with Crippen LogP contribution in [0.3, 0.4) is 0 Å². The van der Waals surface area contributed by atoms with E-state index in [-0.39, 0.29) is 0 Å². The molecule has 0 fully saturated rings. The highest BCUT2D eigenvalue weighted by atomic mass is 16.5. The van der Waals surface area contributed by atoms with Gasteiger partial charge in [0.1, 0.15) is 5.75 Å². The molecule has 0 bridgehead atoms. The van der Waals surface area contributed by atoms with Crippen molar-refractivity contribution >= 4 is 16.6 Å². The second-order valence-corrected chi connectivity index (χ2v) is 4.82. The molecule has 3 nitrogen and oxygen atoms in total. The molecule has 1 heterocycles. The maximum Gasteiger partial charge on any atom is 0.130 e. The van der Waals surface area contributed by atoms with Gasteiger partial charge in [0.05, 0.1) is 17.8 Å². The summed E-state index contributed by atoms with van der Waals surface area (Å²) in [6.07, 6.45) is 7.98. The summed E-state index contributed by atoms with van der Waals surface area (Å²) in [6, 6.07) is 7.72. The molecule has 1 aromatic carbocycles. The van der Waals surface area contributed by atoms with E-state index in [4.69, 9.17) is 10.5 Å². The van der Waals surface area contributed by atoms with Crippen LogP contribution >= 0.6 is 0 Å². The van der Waals surface area contributed by atoms with E-state index in [1.165, 1.54) is 25.7 Å². The lowest BCUT2D eigenvalue weighted by atomic mass is 10.1. The average molecular weight is 258 g/mol. The van der Waals surface area contributed by atoms with Crippen LogP contribution in [0.25, 0.3) is 10.9 Å². The monoisotopic (exact) mass is 258 g/mol. The highest BCUT2D eigenvalue weighted by Crippen LogP contribution is 2.27. The number of nitrogens with two attached hydrogens (primary N) is 1. The number of hydrogen-bond donors (Lipinski definition) is 1. The molecule has 0 saturated heterocycles. The fraction of sp³-hybridized carbons (Fsp3) is 0.438. The van der Waals surface area contributed by atoms with Crippen LogP contribution in [0.15, 0.2) is 30.5 Å². The standard InChI is InChI=1S/C16H22N2O/c1-2-3-4-5-6-12-19-15-10-11-18-16-13(15)8-7-9-14(16)17/h7-11H,2-6,12,17H2,1H3. The molecule has 0 aliphatic heterocycles. The minimum Gasteiger partial charge on any atom is -0.493 e. The van der Waals surface area contributed by atoms with Gasteiger partial charge in [0.25, 0.3) is 0 Å². The van der Waals surface area contributed by atoms with Crippen LogP contribution in [-0.2, 0) is 0 Å². The van der Waals surface area contributed by atoms with Crippen molar-refractivity contribution in [3.8, 4) is 5.75 Å². The highest BCUT2D eigenvalue weighted by Gasteiger charge is 2.04. The Hall–Kier alpha value is -1.77. The maximum atomic E-state index is 5.92. The lowest BCUT2D eigenvalue weighted by Crippen LogP contribution is -1.99. The number of unbranched alkanes of at least 4 members (excludes halogenated alkanes) is 4. The normalized spacial score (nSPS) is 10.8. The van der Waals surface area contributed by atoms with Gasteiger partial charge < -0.3 is 10.5 Å². The molecular formula is C16H22N2O. The predicted molar refractivity (Wildman–Crippen MR) is 80.4 cm³/mol. The Morgan fingerprint density at radius 2 is 1.95 bits per heavy atom. The number of pyridine rings is 1. The van der Waals surface area contributed by atoms with Crippen LogP contribution in [0.1, 0.15) is 39.0 Å². The lowest BCUT2D eigenvalue weighted by molar-refractivity contribution is 0.308. The molecule has 0 saturated carbocycles. The number of rotatable bonds is 7. The van der Waals surface area contributed by atoms with E-state index < -0.39 is 0 Å². The topological polar surface area (TPSA) is 48.1 Å². The Kier molecular flexibility index (Phi) is 5.01. The van der Waals surface area contributed by atoms with Gasteiger partial charge in [-0.2, -0.15) is 0 Å². The number of fused-ring (bicyclic) bond motifs is 1. The Morgan fingerprint density at radius 3 is 2.79 bits per heavy atom. The van der Waals surface area contributed by atoms with Gasteiger partial charge in [0.2, 0.25) is 0 Å². The van der Waals surface area contributed by atoms with Crippen LogP contribution in [-0.4, -0.2) is 11.6 Å². The predicted octanol–water partition coefficient (Wildman–Crippen LogP) is 4.17. The number of ether oxygens (including phenoxy) is 1. The number of hydrogen-bond acceptors (Lipinski definition) is 3. The molecule has 2 N–H and O–H groups in total. The Balaban J connectivity index is 1.95. The molecule has 2 aromatic rings. The lowest BCUT2D eigenvalue weighted by Gasteiger charge is -2.09. The summed E-state index contributed by atoms with van der Waals surface area (Å²) < 4.78 is 5.86. The molecular weight excluding hydrogens is 236 g/mol. The van der Waals surface area contributed by atoms with E-state index >= 15 is 0 Å². The largest absolute Gasteiger partial charge is 0.493 e. The third kappa shape index (κ3) is 3.60. The number of anilines is 1. The van der Waals surface area contributed by atoms with Gasteiger partial charge in [-0.1, -0.05) is 38.7 Å². The summed E-state index contributed by atoms with van der Waals surface area (Å²) >= 11 is 0. The van der Waals surface area contributed by atoms with Crippen molar-refractivity contribution in [2.75, 3.05) is 12.3 Å². The van der Waals surface area contributed by atoms with Crippen LogP contribution in [0.5, 0.6) is 5.75 Å². The third-order valence-electron chi connectivity index (χ3n) is 3.27. The molecule has 0 amide bonds. The Morgan fingerprint density at radius 1 is 1.11 bits per heavy atom. The third-order valence-corrected chi connectivity index (χ3v) is 3.27. The van der Waals surface area contributed by atoms with E-state index in [1.807, 2.05) is 24.3 Å². The molecule has 0 unspecified atom stereocenters. The maximum absolute atomic E-state index is 5.92. The molecule has 1 aromatic heterocycles. The highest BCUT2D eigenvalue weighted by molar-refractivity contribution is 5.93. The van der Waals surface area contributed by atoms with Gasteiger partial charge in [-0.25, -0.2) is 0 Å². The Labute approximate surface area is 114 Å². The van der Waals surface area contributed by atoms with Crippen molar-refractivity contribution in [2.45, 2.75) is 39.0 Å². The zero-order chi connectivity index (χ0) is 13.5. The molecule has 19 heavy (non-hydrogen) atoms. The average Bonchev–Trinajstić information content (AvgIpc) is 2.43. The van der Waals surface area contributed by atoms with Crippen LogP contribution in [0.4, 0.5) is 5.69 Å². The van der Waals surface area contributed by atoms with Gasteiger partial charge in [-0.05, 0) is 24.6 Å². The van der Waals surface area contributed by atoms with Crippen molar-refractivity contribution in [2.24, 2.45) is 0 Å². The van der Waals surface area contributed by atoms with Crippen LogP contribution in [0.2, 0.25) is 0 Å². The van der Waals surface area contributed by atoms with Crippen molar-refractivity contribution in [1.82, 2.24) is 4.98 Å². The Bertz CT molecular complexity index is 525. The van der Waals surface area contributed by atoms with E-state index in [9.17, 15) is 0 Å². The van der Waals surface area contributed by atoms with Crippen molar-refractivity contribution in [1.29, 1.82) is 0 Å². The zero-order valence-corrected chi connectivity index (χ0v) is 11.6. The first kappa shape index (κ1) is 13.7.